The van der Waals surface area contributed by atoms with Gasteiger partial charge in [0.15, 0.2) is 0 Å². The van der Waals surface area contributed by atoms with Crippen LogP contribution in [0.5, 0.6) is 0 Å². The lowest BCUT2D eigenvalue weighted by molar-refractivity contribution is 0.347. The van der Waals surface area contributed by atoms with Crippen LogP contribution in [0.2, 0.25) is 5.02 Å². The Balaban J connectivity index is 1.33. The maximum Gasteiger partial charge on any atom is 0.0527 e. The number of benzene rings is 4. The summed E-state index contributed by atoms with van der Waals surface area (Å²) in [5.41, 5.74) is 11.1. The van der Waals surface area contributed by atoms with Crippen molar-refractivity contribution < 1.29 is 0 Å². The maximum atomic E-state index is 6.57. The van der Waals surface area contributed by atoms with Crippen molar-refractivity contribution in [2.45, 2.75) is 63.2 Å². The fourth-order valence-electron chi connectivity index (χ4n) is 8.28. The normalized spacial score (nSPS) is 22.3. The second-order valence-corrected chi connectivity index (χ2v) is 13.0. The maximum absolute atomic E-state index is 6.57. The van der Waals surface area contributed by atoms with Gasteiger partial charge in [0.1, 0.15) is 0 Å². The summed E-state index contributed by atoms with van der Waals surface area (Å²) in [6.07, 6.45) is 14.5. The molecule has 1 atom stereocenters. The van der Waals surface area contributed by atoms with E-state index in [9.17, 15) is 0 Å². The number of hydrogen-bond donors (Lipinski definition) is 0. The van der Waals surface area contributed by atoms with Crippen LogP contribution in [0, 0.1) is 0 Å². The zero-order chi connectivity index (χ0) is 28.2. The molecule has 41 heavy (non-hydrogen) atoms. The molecular weight excluding hydrogens is 518 g/mol. The molecule has 1 spiro atoms. The van der Waals surface area contributed by atoms with Gasteiger partial charge in [-0.15, -0.1) is 0 Å². The van der Waals surface area contributed by atoms with Crippen molar-refractivity contribution in [2.24, 2.45) is 0 Å². The fourth-order valence-corrected chi connectivity index (χ4v) is 8.45. The van der Waals surface area contributed by atoms with E-state index in [4.69, 9.17) is 11.6 Å². The van der Waals surface area contributed by atoms with Gasteiger partial charge in [0.25, 0.3) is 0 Å². The van der Waals surface area contributed by atoms with E-state index < -0.39 is 0 Å². The number of hydrogen-bond acceptors (Lipinski definition) is 1. The third-order valence-corrected chi connectivity index (χ3v) is 10.4. The van der Waals surface area contributed by atoms with Gasteiger partial charge in [-0.05, 0) is 83.2 Å². The number of allylic oxidation sites excluding steroid dienone is 6. The van der Waals surface area contributed by atoms with E-state index in [0.29, 0.717) is 0 Å². The number of rotatable bonds is 4. The molecule has 1 heterocycles. The minimum Gasteiger partial charge on any atom is -0.347 e. The molecule has 1 unspecified atom stereocenters. The molecule has 206 valence electrons. The average Bonchev–Trinajstić information content (AvgIpc) is 3.34. The summed E-state index contributed by atoms with van der Waals surface area (Å²) >= 11 is 6.57. The Kier molecular flexibility index (Phi) is 6.47. The van der Waals surface area contributed by atoms with E-state index in [-0.39, 0.29) is 10.8 Å². The van der Waals surface area contributed by atoms with E-state index >= 15 is 0 Å². The van der Waals surface area contributed by atoms with Gasteiger partial charge in [0.05, 0.1) is 5.69 Å². The van der Waals surface area contributed by atoms with Gasteiger partial charge in [0.2, 0.25) is 0 Å². The average molecular weight is 556 g/mol. The SMILES string of the molecule is CC1=C(/C=C/C=C2/N(C)c3c(ccc4ccccc34)C23CCCCC3)C(C)(Cc2ccccc2)c2cc(Cl)ccc21. The Labute approximate surface area is 249 Å². The quantitative estimate of drug-likeness (QED) is 0.242. The third-order valence-electron chi connectivity index (χ3n) is 10.2. The Morgan fingerprint density at radius 2 is 1.61 bits per heavy atom. The van der Waals surface area contributed by atoms with Crippen LogP contribution < -0.4 is 4.90 Å². The highest BCUT2D eigenvalue weighted by Crippen LogP contribution is 2.57. The van der Waals surface area contributed by atoms with Gasteiger partial charge in [-0.1, -0.05) is 123 Å². The highest BCUT2D eigenvalue weighted by molar-refractivity contribution is 6.30. The van der Waals surface area contributed by atoms with Crippen molar-refractivity contribution in [3.05, 3.63) is 142 Å². The molecule has 0 aromatic heterocycles. The van der Waals surface area contributed by atoms with Crippen LogP contribution in [0.3, 0.4) is 0 Å². The van der Waals surface area contributed by atoms with Crippen molar-refractivity contribution in [1.82, 2.24) is 0 Å². The molecule has 1 aliphatic heterocycles. The van der Waals surface area contributed by atoms with E-state index in [0.717, 1.165) is 11.4 Å². The summed E-state index contributed by atoms with van der Waals surface area (Å²) in [6.45, 7) is 4.67. The van der Waals surface area contributed by atoms with Crippen LogP contribution in [0.1, 0.15) is 68.2 Å². The van der Waals surface area contributed by atoms with Crippen molar-refractivity contribution in [2.75, 3.05) is 11.9 Å². The molecule has 4 aromatic rings. The number of nitrogens with zero attached hydrogens (tertiary/aromatic N) is 1. The highest BCUT2D eigenvalue weighted by Gasteiger charge is 2.47. The van der Waals surface area contributed by atoms with Gasteiger partial charge < -0.3 is 4.90 Å². The summed E-state index contributed by atoms with van der Waals surface area (Å²) in [7, 11) is 2.28. The smallest absolute Gasteiger partial charge is 0.0527 e. The summed E-state index contributed by atoms with van der Waals surface area (Å²) in [5.74, 6) is 0. The minimum absolute atomic E-state index is 0.0969. The molecule has 0 N–H and O–H groups in total. The molecule has 2 heteroatoms. The standard InChI is InChI=1S/C39H38ClN/c1-27-31-21-20-30(40)25-35(31)38(2,26-28-13-6-4-7-14-28)33(27)17-12-18-36-39(23-10-5-11-24-39)34-22-19-29-15-8-9-16-32(29)37(34)41(36)3/h4,6-9,12-22,25H,5,10-11,23-24,26H2,1-3H3/b17-12+,36-18+. The van der Waals surface area contributed by atoms with Crippen LogP contribution >= 0.6 is 11.6 Å². The largest absolute Gasteiger partial charge is 0.347 e. The zero-order valence-electron chi connectivity index (χ0n) is 24.4. The molecule has 1 nitrogen and oxygen atoms in total. The van der Waals surface area contributed by atoms with Crippen LogP contribution in [0.4, 0.5) is 5.69 Å². The van der Waals surface area contributed by atoms with Crippen molar-refractivity contribution >= 4 is 33.6 Å². The van der Waals surface area contributed by atoms with E-state index in [1.807, 2.05) is 6.07 Å². The molecule has 2 aliphatic carbocycles. The summed E-state index contributed by atoms with van der Waals surface area (Å²) in [4.78, 5) is 2.50. The molecule has 0 amide bonds. The van der Waals surface area contributed by atoms with Crippen LogP contribution in [0.15, 0.2) is 114 Å². The highest BCUT2D eigenvalue weighted by atomic mass is 35.5. The Morgan fingerprint density at radius 3 is 2.41 bits per heavy atom. The molecule has 0 radical (unpaired) electrons. The molecule has 0 saturated heterocycles. The zero-order valence-corrected chi connectivity index (χ0v) is 25.1. The first-order valence-electron chi connectivity index (χ1n) is 15.1. The van der Waals surface area contributed by atoms with Gasteiger partial charge in [0, 0.05) is 34.0 Å². The lowest BCUT2D eigenvalue weighted by Gasteiger charge is -2.36. The van der Waals surface area contributed by atoms with Crippen LogP contribution in [-0.2, 0) is 17.3 Å². The second-order valence-electron chi connectivity index (χ2n) is 12.5. The topological polar surface area (TPSA) is 3.24 Å². The first-order valence-corrected chi connectivity index (χ1v) is 15.5. The summed E-state index contributed by atoms with van der Waals surface area (Å²) < 4.78 is 0. The molecule has 1 fully saturated rings. The number of anilines is 1. The van der Waals surface area contributed by atoms with Gasteiger partial charge >= 0.3 is 0 Å². The lowest BCUT2D eigenvalue weighted by Crippen LogP contribution is -2.31. The van der Waals surface area contributed by atoms with Crippen molar-refractivity contribution in [1.29, 1.82) is 0 Å². The van der Waals surface area contributed by atoms with E-state index in [2.05, 4.69) is 123 Å². The van der Waals surface area contributed by atoms with Crippen LogP contribution in [-0.4, -0.2) is 7.05 Å². The summed E-state index contributed by atoms with van der Waals surface area (Å²) in [6, 6.07) is 30.9. The molecule has 4 aromatic carbocycles. The first kappa shape index (κ1) is 26.4. The van der Waals surface area contributed by atoms with Crippen molar-refractivity contribution in [3.8, 4) is 0 Å². The molecule has 3 aliphatic rings. The predicted molar refractivity (Wildman–Crippen MR) is 176 cm³/mol. The Hall–Kier alpha value is -3.55. The Bertz CT molecular complexity index is 1730. The number of likely N-dealkylation sites (N-methyl/N-ethyl adjacent to an activating group) is 1. The minimum atomic E-state index is -0.149. The monoisotopic (exact) mass is 555 g/mol. The molecule has 1 saturated carbocycles. The van der Waals surface area contributed by atoms with Crippen molar-refractivity contribution in [3.63, 3.8) is 0 Å². The molecule has 7 rings (SSSR count). The summed E-state index contributed by atoms with van der Waals surface area (Å²) in [5, 5.41) is 3.49. The lowest BCUT2D eigenvalue weighted by atomic mass is 9.68. The van der Waals surface area contributed by atoms with Gasteiger partial charge in [-0.2, -0.15) is 0 Å². The van der Waals surface area contributed by atoms with E-state index in [1.165, 1.54) is 87.7 Å². The first-order chi connectivity index (χ1) is 19.9. The number of halogens is 1. The molecular formula is C39H38ClN. The third kappa shape index (κ3) is 4.12. The Morgan fingerprint density at radius 1 is 0.854 bits per heavy atom. The second kappa shape index (κ2) is 10.1. The predicted octanol–water partition coefficient (Wildman–Crippen LogP) is 10.6. The van der Waals surface area contributed by atoms with E-state index in [1.54, 1.807) is 0 Å². The van der Waals surface area contributed by atoms with Gasteiger partial charge in [-0.25, -0.2) is 0 Å². The fraction of sp³-hybridized carbons (Fsp3) is 0.282. The van der Waals surface area contributed by atoms with Gasteiger partial charge in [-0.3, -0.25) is 0 Å². The van der Waals surface area contributed by atoms with Crippen LogP contribution in [0.25, 0.3) is 16.3 Å². The number of fused-ring (bicyclic) bond motifs is 5. The molecule has 0 bridgehead atoms.